The molecule has 7 nitrogen and oxygen atoms in total. The Morgan fingerprint density at radius 2 is 1.93 bits per heavy atom. The molecule has 0 bridgehead atoms. The van der Waals surface area contributed by atoms with Crippen LogP contribution in [-0.4, -0.2) is 49.1 Å². The van der Waals surface area contributed by atoms with E-state index in [-0.39, 0.29) is 22.4 Å². The Morgan fingerprint density at radius 1 is 1.27 bits per heavy atom. The molecular formula is C21H23FN4O3S. The Morgan fingerprint density at radius 3 is 2.50 bits per heavy atom. The zero-order valence-corrected chi connectivity index (χ0v) is 17.8. The quantitative estimate of drug-likeness (QED) is 0.652. The Labute approximate surface area is 174 Å². The molecule has 1 heterocycles. The zero-order valence-electron chi connectivity index (χ0n) is 17.0. The summed E-state index contributed by atoms with van der Waals surface area (Å²) in [6, 6.07) is 8.96. The molecule has 1 amide bonds. The monoisotopic (exact) mass is 430 g/mol. The van der Waals surface area contributed by atoms with Crippen LogP contribution in [0.25, 0.3) is 16.6 Å². The largest absolute Gasteiger partial charge is 0.354 e. The van der Waals surface area contributed by atoms with Crippen LogP contribution in [0, 0.1) is 5.82 Å². The number of nitrogens with zero attached hydrogens (tertiary/aromatic N) is 3. The van der Waals surface area contributed by atoms with Gasteiger partial charge in [0.1, 0.15) is 11.5 Å². The molecule has 0 spiro atoms. The topological polar surface area (TPSA) is 84.3 Å². The van der Waals surface area contributed by atoms with Crippen molar-refractivity contribution in [2.45, 2.75) is 30.6 Å². The van der Waals surface area contributed by atoms with Crippen molar-refractivity contribution < 1.29 is 17.6 Å². The van der Waals surface area contributed by atoms with E-state index in [4.69, 9.17) is 0 Å². The van der Waals surface area contributed by atoms with E-state index in [0.717, 1.165) is 12.8 Å². The third-order valence-corrected chi connectivity index (χ3v) is 7.46. The molecule has 158 valence electrons. The SMILES string of the molecule is CCN(C)S(=O)(=O)c1cc2nn(-c3ccc(F)cc3)c(C(=O)NC)c2cc1C1CC1. The standard InChI is InChI=1S/C21H23FN4O3S/c1-4-25(3)30(28,29)19-12-18-17(11-16(19)13-5-6-13)20(21(27)23-2)26(24-18)15-9-7-14(22)8-10-15/h7-13H,4-6H2,1-3H3,(H,23,27). The lowest BCUT2D eigenvalue weighted by atomic mass is 10.1. The van der Waals surface area contributed by atoms with Gasteiger partial charge in [0, 0.05) is 26.0 Å². The highest BCUT2D eigenvalue weighted by molar-refractivity contribution is 7.89. The highest BCUT2D eigenvalue weighted by Crippen LogP contribution is 2.45. The van der Waals surface area contributed by atoms with Crippen molar-refractivity contribution in [3.05, 3.63) is 53.5 Å². The van der Waals surface area contributed by atoms with Crippen LogP contribution in [0.3, 0.4) is 0 Å². The van der Waals surface area contributed by atoms with Gasteiger partial charge in [-0.3, -0.25) is 4.79 Å². The normalized spacial score (nSPS) is 14.4. The van der Waals surface area contributed by atoms with Crippen LogP contribution in [0.1, 0.15) is 41.7 Å². The zero-order chi connectivity index (χ0) is 21.6. The number of nitrogens with one attached hydrogen (secondary N) is 1. The number of sulfonamides is 1. The van der Waals surface area contributed by atoms with Crippen LogP contribution in [0.5, 0.6) is 0 Å². The minimum absolute atomic E-state index is 0.149. The van der Waals surface area contributed by atoms with Crippen LogP contribution in [0.15, 0.2) is 41.3 Å². The van der Waals surface area contributed by atoms with Crippen molar-refractivity contribution in [3.8, 4) is 5.69 Å². The van der Waals surface area contributed by atoms with Crippen LogP contribution >= 0.6 is 0 Å². The lowest BCUT2D eigenvalue weighted by Gasteiger charge is -2.17. The molecule has 0 saturated heterocycles. The fourth-order valence-corrected chi connectivity index (χ4v) is 4.97. The predicted octanol–water partition coefficient (Wildman–Crippen LogP) is 3.04. The molecule has 3 aromatic rings. The van der Waals surface area contributed by atoms with Gasteiger partial charge in [-0.05, 0) is 60.7 Å². The van der Waals surface area contributed by atoms with Gasteiger partial charge in [-0.15, -0.1) is 0 Å². The van der Waals surface area contributed by atoms with Crippen molar-refractivity contribution >= 4 is 26.8 Å². The summed E-state index contributed by atoms with van der Waals surface area (Å²) in [5.41, 5.74) is 1.90. The Bertz CT molecular complexity index is 1230. The molecule has 0 atom stereocenters. The van der Waals surface area contributed by atoms with Crippen LogP contribution in [0.4, 0.5) is 4.39 Å². The predicted molar refractivity (Wildman–Crippen MR) is 112 cm³/mol. The minimum Gasteiger partial charge on any atom is -0.354 e. The fraction of sp³-hybridized carbons (Fsp3) is 0.333. The van der Waals surface area contributed by atoms with Gasteiger partial charge in [0.2, 0.25) is 10.0 Å². The van der Waals surface area contributed by atoms with E-state index in [1.165, 1.54) is 40.3 Å². The maximum atomic E-state index is 13.4. The molecule has 0 aliphatic heterocycles. The number of amides is 1. The van der Waals surface area contributed by atoms with Gasteiger partial charge in [-0.25, -0.2) is 21.8 Å². The lowest BCUT2D eigenvalue weighted by molar-refractivity contribution is 0.0957. The van der Waals surface area contributed by atoms with Crippen LogP contribution in [-0.2, 0) is 10.0 Å². The number of carbonyl (C=O) groups excluding carboxylic acids is 1. The first-order chi connectivity index (χ1) is 14.3. The van der Waals surface area contributed by atoms with E-state index >= 15 is 0 Å². The van der Waals surface area contributed by atoms with Crippen molar-refractivity contribution in [1.82, 2.24) is 19.4 Å². The molecule has 1 fully saturated rings. The molecule has 0 unspecified atom stereocenters. The Kier molecular flexibility index (Phi) is 5.11. The van der Waals surface area contributed by atoms with E-state index in [9.17, 15) is 17.6 Å². The van der Waals surface area contributed by atoms with Gasteiger partial charge in [0.05, 0.1) is 16.1 Å². The highest BCUT2D eigenvalue weighted by Gasteiger charge is 2.34. The first kappa shape index (κ1) is 20.5. The van der Waals surface area contributed by atoms with Crippen LogP contribution in [0.2, 0.25) is 0 Å². The highest BCUT2D eigenvalue weighted by atomic mass is 32.2. The van der Waals surface area contributed by atoms with Gasteiger partial charge in [0.25, 0.3) is 5.91 Å². The molecule has 30 heavy (non-hydrogen) atoms. The third-order valence-electron chi connectivity index (χ3n) is 5.47. The molecule has 2 aromatic carbocycles. The molecule has 1 aliphatic carbocycles. The molecule has 1 saturated carbocycles. The third kappa shape index (κ3) is 3.37. The lowest BCUT2D eigenvalue weighted by Crippen LogP contribution is -2.27. The first-order valence-corrected chi connectivity index (χ1v) is 11.2. The van der Waals surface area contributed by atoms with Gasteiger partial charge in [0.15, 0.2) is 0 Å². The molecule has 0 radical (unpaired) electrons. The number of fused-ring (bicyclic) bond motifs is 1. The van der Waals surface area contributed by atoms with Crippen LogP contribution < -0.4 is 5.32 Å². The molecular weight excluding hydrogens is 407 g/mol. The summed E-state index contributed by atoms with van der Waals surface area (Å²) in [4.78, 5) is 12.9. The molecule has 1 aromatic heterocycles. The number of halogens is 1. The number of carbonyl (C=O) groups is 1. The van der Waals surface area contributed by atoms with Gasteiger partial charge in [-0.1, -0.05) is 6.92 Å². The number of aromatic nitrogens is 2. The van der Waals surface area contributed by atoms with E-state index in [1.54, 1.807) is 26.1 Å². The second kappa shape index (κ2) is 7.48. The number of hydrogen-bond donors (Lipinski definition) is 1. The molecule has 9 heteroatoms. The van der Waals surface area contributed by atoms with Crippen molar-refractivity contribution in [2.75, 3.05) is 20.6 Å². The van der Waals surface area contributed by atoms with Crippen molar-refractivity contribution in [1.29, 1.82) is 0 Å². The second-order valence-electron chi connectivity index (χ2n) is 7.42. The second-order valence-corrected chi connectivity index (χ2v) is 9.43. The van der Waals surface area contributed by atoms with Gasteiger partial charge < -0.3 is 5.32 Å². The summed E-state index contributed by atoms with van der Waals surface area (Å²) in [6.45, 7) is 2.12. The maximum absolute atomic E-state index is 13.4. The number of benzene rings is 2. The number of hydrogen-bond acceptors (Lipinski definition) is 4. The van der Waals surface area contributed by atoms with Gasteiger partial charge >= 0.3 is 0 Å². The average molecular weight is 431 g/mol. The smallest absolute Gasteiger partial charge is 0.270 e. The van der Waals surface area contributed by atoms with E-state index < -0.39 is 15.8 Å². The van der Waals surface area contributed by atoms with Crippen molar-refractivity contribution in [3.63, 3.8) is 0 Å². The van der Waals surface area contributed by atoms with Crippen molar-refractivity contribution in [2.24, 2.45) is 0 Å². The Hall–Kier alpha value is -2.78. The summed E-state index contributed by atoms with van der Waals surface area (Å²) in [5, 5.41) is 7.70. The van der Waals surface area contributed by atoms with E-state index in [2.05, 4.69) is 10.4 Å². The summed E-state index contributed by atoms with van der Waals surface area (Å²) < 4.78 is 42.4. The molecule has 1 N–H and O–H groups in total. The summed E-state index contributed by atoms with van der Waals surface area (Å²) in [5.74, 6) is -0.607. The summed E-state index contributed by atoms with van der Waals surface area (Å²) >= 11 is 0. The molecule has 1 aliphatic rings. The fourth-order valence-electron chi connectivity index (χ4n) is 3.51. The average Bonchev–Trinajstić information content (AvgIpc) is 3.52. The number of rotatable bonds is 6. The minimum atomic E-state index is -3.68. The summed E-state index contributed by atoms with van der Waals surface area (Å²) in [7, 11) is -0.616. The van der Waals surface area contributed by atoms with E-state index in [0.29, 0.717) is 28.7 Å². The van der Waals surface area contributed by atoms with Gasteiger partial charge in [-0.2, -0.15) is 5.10 Å². The first-order valence-electron chi connectivity index (χ1n) is 9.79. The molecule has 4 rings (SSSR count). The van der Waals surface area contributed by atoms with E-state index in [1.807, 2.05) is 0 Å². The maximum Gasteiger partial charge on any atom is 0.270 e. The summed E-state index contributed by atoms with van der Waals surface area (Å²) in [6.07, 6.45) is 1.82. The Balaban J connectivity index is 2.02.